The molecule has 0 saturated carbocycles. The lowest BCUT2D eigenvalue weighted by Crippen LogP contribution is -2.62. The summed E-state index contributed by atoms with van der Waals surface area (Å²) in [5.41, 5.74) is 7.62. The first-order valence-corrected chi connectivity index (χ1v) is 25.5. The van der Waals surface area contributed by atoms with Gasteiger partial charge in [0, 0.05) is 82.2 Å². The number of aromatic nitrogens is 3. The van der Waals surface area contributed by atoms with Crippen molar-refractivity contribution in [2.24, 2.45) is 5.41 Å². The Labute approximate surface area is 414 Å². The molecule has 374 valence electrons. The van der Waals surface area contributed by atoms with Crippen LogP contribution in [0.3, 0.4) is 0 Å². The molecule has 71 heavy (non-hydrogen) atoms. The topological polar surface area (TPSA) is 189 Å². The molecule has 0 radical (unpaired) electrons. The first kappa shape index (κ1) is 46.8. The number of aliphatic hydroxyl groups excluding tert-OH is 1. The molecule has 3 aromatic heterocycles. The second-order valence-electron chi connectivity index (χ2n) is 21.5. The summed E-state index contributed by atoms with van der Waals surface area (Å²) in [6.45, 7) is 15.1. The van der Waals surface area contributed by atoms with E-state index in [0.29, 0.717) is 41.1 Å². The molecule has 0 spiro atoms. The van der Waals surface area contributed by atoms with E-state index in [-0.39, 0.29) is 42.3 Å². The number of nitrogens with one attached hydrogen (secondary N) is 2. The van der Waals surface area contributed by atoms with Gasteiger partial charge in [-0.15, -0.1) is 0 Å². The maximum atomic E-state index is 14.2. The highest BCUT2D eigenvalue weighted by molar-refractivity contribution is 6.23. The Morgan fingerprint density at radius 2 is 1.55 bits per heavy atom. The molecule has 18 heteroatoms. The zero-order valence-electron chi connectivity index (χ0n) is 41.4. The fourth-order valence-electron chi connectivity index (χ4n) is 12.9. The molecule has 0 bridgehead atoms. The van der Waals surface area contributed by atoms with Gasteiger partial charge < -0.3 is 39.3 Å². The third-order valence-corrected chi connectivity index (χ3v) is 16.3. The number of rotatable bonds is 10. The molecule has 6 aliphatic heterocycles. The van der Waals surface area contributed by atoms with Crippen LogP contribution in [-0.2, 0) is 29.0 Å². The van der Waals surface area contributed by atoms with E-state index in [1.807, 2.05) is 36.2 Å². The third-order valence-electron chi connectivity index (χ3n) is 16.3. The highest BCUT2D eigenvalue weighted by Crippen LogP contribution is 2.41. The van der Waals surface area contributed by atoms with Crippen LogP contribution in [0.4, 0.5) is 28.6 Å². The minimum Gasteiger partial charge on any atom is -0.480 e. The fourth-order valence-corrected chi connectivity index (χ4v) is 12.9. The van der Waals surface area contributed by atoms with Gasteiger partial charge in [0.25, 0.3) is 17.7 Å². The highest BCUT2D eigenvalue weighted by Gasteiger charge is 2.46. The van der Waals surface area contributed by atoms with Crippen LogP contribution in [0.5, 0.6) is 5.88 Å². The molecule has 18 nitrogen and oxygen atoms in total. The lowest BCUT2D eigenvalue weighted by atomic mass is 9.89. The molecular formula is C53H65N11O7. The SMILES string of the molecule is COc1ncc(N2CCC[C@@H](N3CCn4c(cc5c4CC(C)(C)C5)C3=O)[C@@H]2[C@H](C)O)cc1Nc1ccc(N2CCN(C3CCN(c4ccc5c(c4)C(=O)N(C4CCC(=O)NC4=O)C5=O)CC3)C[C@@H]2C)cn1. The fraction of sp³-hybridized carbons (Fsp3) is 0.528. The minimum absolute atomic E-state index is 0.0537. The van der Waals surface area contributed by atoms with Crippen LogP contribution < -0.4 is 30.1 Å². The van der Waals surface area contributed by atoms with E-state index in [9.17, 15) is 29.1 Å². The molecule has 4 saturated heterocycles. The normalized spacial score (nSPS) is 25.3. The van der Waals surface area contributed by atoms with Crippen LogP contribution in [0.1, 0.15) is 109 Å². The predicted molar refractivity (Wildman–Crippen MR) is 268 cm³/mol. The molecule has 1 aromatic carbocycles. The molecule has 7 aliphatic rings. The van der Waals surface area contributed by atoms with Gasteiger partial charge in [-0.2, -0.15) is 0 Å². The average molecular weight is 968 g/mol. The average Bonchev–Trinajstić information content (AvgIpc) is 3.95. The van der Waals surface area contributed by atoms with Crippen molar-refractivity contribution in [3.63, 3.8) is 0 Å². The Morgan fingerprint density at radius 3 is 2.28 bits per heavy atom. The van der Waals surface area contributed by atoms with Gasteiger partial charge in [0.05, 0.1) is 60.2 Å². The van der Waals surface area contributed by atoms with Gasteiger partial charge in [0.15, 0.2) is 0 Å². The van der Waals surface area contributed by atoms with Crippen LogP contribution >= 0.6 is 0 Å². The summed E-state index contributed by atoms with van der Waals surface area (Å²) in [4.78, 5) is 87.3. The Kier molecular flexibility index (Phi) is 12.0. The molecule has 9 heterocycles. The lowest BCUT2D eigenvalue weighted by Gasteiger charge is -2.49. The standard InChI is InChI=1S/C53H65N11O7/c1-31-30-59(34-14-17-58(18-15-34)35-8-10-38-39(24-35)51(69)64(50(38)68)42-11-13-46(66)57-48(42)67)19-20-60(31)36-9-12-45(54-28-36)56-40-25-37(29-55-49(40)71-5)61-16-6-7-41(47(61)32(2)65)63-22-21-62-43(52(63)70)23-33-26-53(3,4)27-44(33)62/h8-10,12,23-25,28-29,31-32,34,41-42,47,65H,6-7,11,13-22,26-27,30H2,1-5H3,(H,54,56)(H,57,66,67)/t31-,32-,41+,42?,47-/m0/s1. The summed E-state index contributed by atoms with van der Waals surface area (Å²) in [7, 11) is 1.60. The second-order valence-corrected chi connectivity index (χ2v) is 21.5. The summed E-state index contributed by atoms with van der Waals surface area (Å²) in [6, 6.07) is 12.8. The van der Waals surface area contributed by atoms with E-state index in [1.165, 1.54) is 11.3 Å². The van der Waals surface area contributed by atoms with Gasteiger partial charge in [-0.05, 0) is 112 Å². The van der Waals surface area contributed by atoms with E-state index in [2.05, 4.69) is 67.7 Å². The highest BCUT2D eigenvalue weighted by atomic mass is 16.5. The zero-order valence-corrected chi connectivity index (χ0v) is 41.4. The summed E-state index contributed by atoms with van der Waals surface area (Å²) < 4.78 is 7.98. The summed E-state index contributed by atoms with van der Waals surface area (Å²) in [6.07, 6.45) is 8.81. The summed E-state index contributed by atoms with van der Waals surface area (Å²) in [5.74, 6) is -0.854. The minimum atomic E-state index is -0.984. The number of carbonyl (C=O) groups excluding carboxylic acids is 5. The Hall–Kier alpha value is -6.53. The van der Waals surface area contributed by atoms with E-state index in [0.717, 1.165) is 112 Å². The van der Waals surface area contributed by atoms with Crippen LogP contribution in [0.2, 0.25) is 0 Å². The number of carbonyl (C=O) groups is 5. The van der Waals surface area contributed by atoms with Crippen molar-refractivity contribution < 1.29 is 33.8 Å². The number of piperazine rings is 1. The summed E-state index contributed by atoms with van der Waals surface area (Å²) >= 11 is 0. The lowest BCUT2D eigenvalue weighted by molar-refractivity contribution is -0.136. The number of amides is 5. The molecule has 11 rings (SSSR count). The van der Waals surface area contributed by atoms with Crippen molar-refractivity contribution >= 4 is 58.1 Å². The summed E-state index contributed by atoms with van der Waals surface area (Å²) in [5, 5.41) is 17.1. The number of anilines is 5. The Bertz CT molecular complexity index is 2780. The number of imide groups is 2. The van der Waals surface area contributed by atoms with Gasteiger partial charge in [-0.3, -0.25) is 39.1 Å². The van der Waals surface area contributed by atoms with Crippen LogP contribution in [0.25, 0.3) is 0 Å². The van der Waals surface area contributed by atoms with Gasteiger partial charge in [0.2, 0.25) is 17.7 Å². The third kappa shape index (κ3) is 8.45. The first-order valence-electron chi connectivity index (χ1n) is 25.5. The van der Waals surface area contributed by atoms with Crippen LogP contribution in [0, 0.1) is 5.41 Å². The Morgan fingerprint density at radius 1 is 0.789 bits per heavy atom. The molecule has 5 amide bonds. The molecule has 1 unspecified atom stereocenters. The molecular weight excluding hydrogens is 903 g/mol. The number of hydrogen-bond donors (Lipinski definition) is 3. The molecule has 1 aliphatic carbocycles. The first-order chi connectivity index (χ1) is 34.2. The smallest absolute Gasteiger partial charge is 0.270 e. The van der Waals surface area contributed by atoms with Crippen molar-refractivity contribution in [2.75, 3.05) is 72.9 Å². The van der Waals surface area contributed by atoms with Crippen LogP contribution in [0.15, 0.2) is 54.9 Å². The van der Waals surface area contributed by atoms with E-state index >= 15 is 0 Å². The number of benzene rings is 1. The number of nitrogens with zero attached hydrogens (tertiary/aromatic N) is 9. The van der Waals surface area contributed by atoms with E-state index in [4.69, 9.17) is 14.7 Å². The maximum Gasteiger partial charge on any atom is 0.270 e. The predicted octanol–water partition coefficient (Wildman–Crippen LogP) is 4.61. The molecule has 4 fully saturated rings. The zero-order chi connectivity index (χ0) is 49.5. The number of methoxy groups -OCH3 is 1. The number of piperidine rings is 3. The second kappa shape index (κ2) is 18.3. The van der Waals surface area contributed by atoms with Crippen molar-refractivity contribution in [3.8, 4) is 5.88 Å². The van der Waals surface area contributed by atoms with Gasteiger partial charge in [0.1, 0.15) is 23.2 Å². The molecule has 5 atom stereocenters. The van der Waals surface area contributed by atoms with Crippen molar-refractivity contribution in [2.45, 2.75) is 122 Å². The van der Waals surface area contributed by atoms with E-state index < -0.39 is 35.8 Å². The number of hydrogen-bond acceptors (Lipinski definition) is 14. The maximum absolute atomic E-state index is 14.2. The quantitative estimate of drug-likeness (QED) is 0.187. The van der Waals surface area contributed by atoms with Crippen molar-refractivity contribution in [1.29, 1.82) is 0 Å². The number of pyridine rings is 2. The number of aliphatic hydroxyl groups is 1. The number of fused-ring (bicyclic) bond motifs is 4. The van der Waals surface area contributed by atoms with Crippen molar-refractivity contribution in [1.82, 2.24) is 34.6 Å². The van der Waals surface area contributed by atoms with Gasteiger partial charge in [-0.25, -0.2) is 9.97 Å². The molecule has 3 N–H and O–H groups in total. The molecule has 4 aromatic rings. The van der Waals surface area contributed by atoms with Crippen molar-refractivity contribution in [3.05, 3.63) is 82.9 Å². The van der Waals surface area contributed by atoms with Gasteiger partial charge >= 0.3 is 0 Å². The van der Waals surface area contributed by atoms with E-state index in [1.54, 1.807) is 25.4 Å². The van der Waals surface area contributed by atoms with Gasteiger partial charge in [-0.1, -0.05) is 13.8 Å². The number of ether oxygens (including phenoxy) is 1. The van der Waals surface area contributed by atoms with Crippen LogP contribution in [-0.4, -0.2) is 153 Å². The monoisotopic (exact) mass is 968 g/mol. The largest absolute Gasteiger partial charge is 0.480 e. The Balaban J connectivity index is 0.705.